The van der Waals surface area contributed by atoms with E-state index in [0.29, 0.717) is 12.0 Å². The average Bonchev–Trinajstić information content (AvgIpc) is 3.17. The maximum absolute atomic E-state index is 13.0. The van der Waals surface area contributed by atoms with Gasteiger partial charge in [0.25, 0.3) is 0 Å². The highest BCUT2D eigenvalue weighted by Crippen LogP contribution is 2.45. The molecule has 3 nitrogen and oxygen atoms in total. The van der Waals surface area contributed by atoms with Gasteiger partial charge in [-0.1, -0.05) is 23.4 Å². The molecule has 3 rings (SSSR count). The second kappa shape index (κ2) is 4.47. The molecular weight excluding hydrogens is 271 g/mol. The first-order valence-corrected chi connectivity index (χ1v) is 6.13. The average molecular weight is 281 g/mol. The van der Waals surface area contributed by atoms with Crippen molar-refractivity contribution in [2.45, 2.75) is 24.9 Å². The molecule has 1 fully saturated rings. The fourth-order valence-electron chi connectivity index (χ4n) is 2.19. The first-order chi connectivity index (χ1) is 9.52. The molecule has 0 amide bonds. The molecule has 20 heavy (non-hydrogen) atoms. The maximum Gasteiger partial charge on any atom is 0.417 e. The predicted octanol–water partition coefficient (Wildman–Crippen LogP) is 4.05. The van der Waals surface area contributed by atoms with E-state index in [2.05, 4.69) is 5.16 Å². The largest absolute Gasteiger partial charge is 0.417 e. The molecule has 0 radical (unpaired) electrons. The smallest absolute Gasteiger partial charge is 0.360 e. The molecule has 0 atom stereocenters. The maximum atomic E-state index is 13.0. The van der Waals surface area contributed by atoms with E-state index in [0.717, 1.165) is 18.9 Å². The number of carbonyl (C=O) groups excluding carboxylic acids is 1. The number of alkyl halides is 3. The first kappa shape index (κ1) is 12.9. The number of nitrogens with zero attached hydrogens (tertiary/aromatic N) is 1. The minimum atomic E-state index is -4.50. The standard InChI is InChI=1S/C14H10F3NO2/c15-14(16,17)11-4-2-1-3-9(11)12-10(7-19)13(20-18-12)8-5-6-8/h1-4,7-8H,5-6H2. The molecule has 6 heteroatoms. The Balaban J connectivity index is 2.17. The van der Waals surface area contributed by atoms with E-state index in [1.165, 1.54) is 18.2 Å². The van der Waals surface area contributed by atoms with Crippen LogP contribution < -0.4 is 0 Å². The quantitative estimate of drug-likeness (QED) is 0.797. The molecule has 1 heterocycles. The highest BCUT2D eigenvalue weighted by molar-refractivity contribution is 5.88. The van der Waals surface area contributed by atoms with Crippen molar-refractivity contribution in [2.24, 2.45) is 0 Å². The minimum absolute atomic E-state index is 0.0326. The lowest BCUT2D eigenvalue weighted by Crippen LogP contribution is -2.07. The Morgan fingerprint density at radius 3 is 2.55 bits per heavy atom. The van der Waals surface area contributed by atoms with Crippen LogP contribution in [0.15, 0.2) is 28.8 Å². The summed E-state index contributed by atoms with van der Waals surface area (Å²) >= 11 is 0. The topological polar surface area (TPSA) is 43.1 Å². The number of hydrogen-bond donors (Lipinski definition) is 0. The molecule has 1 aromatic heterocycles. The van der Waals surface area contributed by atoms with Crippen molar-refractivity contribution < 1.29 is 22.5 Å². The molecule has 0 unspecified atom stereocenters. The van der Waals surface area contributed by atoms with E-state index < -0.39 is 11.7 Å². The van der Waals surface area contributed by atoms with Crippen LogP contribution in [0, 0.1) is 0 Å². The predicted molar refractivity (Wildman–Crippen MR) is 64.3 cm³/mol. The van der Waals surface area contributed by atoms with Gasteiger partial charge >= 0.3 is 6.18 Å². The molecule has 2 aromatic rings. The lowest BCUT2D eigenvalue weighted by molar-refractivity contribution is -0.137. The second-order valence-electron chi connectivity index (χ2n) is 4.74. The van der Waals surface area contributed by atoms with Crippen LogP contribution in [0.1, 0.15) is 40.4 Å². The van der Waals surface area contributed by atoms with Crippen molar-refractivity contribution in [3.05, 3.63) is 41.2 Å². The van der Waals surface area contributed by atoms with Crippen molar-refractivity contribution in [3.8, 4) is 11.3 Å². The zero-order chi connectivity index (χ0) is 14.3. The third kappa shape index (κ3) is 2.11. The zero-order valence-corrected chi connectivity index (χ0v) is 10.3. The fraction of sp³-hybridized carbons (Fsp3) is 0.286. The van der Waals surface area contributed by atoms with Gasteiger partial charge in [0.1, 0.15) is 5.69 Å². The molecule has 0 saturated heterocycles. The molecule has 0 aliphatic heterocycles. The summed E-state index contributed by atoms with van der Waals surface area (Å²) in [5, 5.41) is 3.69. The van der Waals surface area contributed by atoms with Gasteiger partial charge in [0.2, 0.25) is 0 Å². The van der Waals surface area contributed by atoms with E-state index in [-0.39, 0.29) is 22.7 Å². The SMILES string of the molecule is O=Cc1c(-c2ccccc2C(F)(F)F)noc1C1CC1. The van der Waals surface area contributed by atoms with Crippen molar-refractivity contribution in [2.75, 3.05) is 0 Å². The Hall–Kier alpha value is -2.11. The van der Waals surface area contributed by atoms with Crippen LogP contribution in [0.5, 0.6) is 0 Å². The summed E-state index contributed by atoms with van der Waals surface area (Å²) in [7, 11) is 0. The lowest BCUT2D eigenvalue weighted by atomic mass is 10.00. The molecule has 0 spiro atoms. The Morgan fingerprint density at radius 1 is 1.25 bits per heavy atom. The molecule has 104 valence electrons. The summed E-state index contributed by atoms with van der Waals surface area (Å²) in [4.78, 5) is 11.2. The fourth-order valence-corrected chi connectivity index (χ4v) is 2.19. The monoisotopic (exact) mass is 281 g/mol. The van der Waals surface area contributed by atoms with Gasteiger partial charge in [-0.15, -0.1) is 0 Å². The van der Waals surface area contributed by atoms with Crippen LogP contribution >= 0.6 is 0 Å². The zero-order valence-electron chi connectivity index (χ0n) is 10.3. The highest BCUT2D eigenvalue weighted by atomic mass is 19.4. The Morgan fingerprint density at radius 2 is 1.95 bits per heavy atom. The highest BCUT2D eigenvalue weighted by Gasteiger charge is 2.37. The number of carbonyl (C=O) groups is 1. The summed E-state index contributed by atoms with van der Waals surface area (Å²) in [6, 6.07) is 5.04. The van der Waals surface area contributed by atoms with Crippen molar-refractivity contribution in [1.29, 1.82) is 0 Å². The van der Waals surface area contributed by atoms with Gasteiger partial charge in [-0.25, -0.2) is 0 Å². The van der Waals surface area contributed by atoms with E-state index in [1.807, 2.05) is 0 Å². The molecule has 0 bridgehead atoms. The van der Waals surface area contributed by atoms with Gasteiger partial charge in [-0.05, 0) is 18.9 Å². The third-order valence-corrected chi connectivity index (χ3v) is 3.31. The summed E-state index contributed by atoms with van der Waals surface area (Å²) in [6.45, 7) is 0. The molecule has 1 aliphatic rings. The number of benzene rings is 1. The Kier molecular flexibility index (Phi) is 2.88. The van der Waals surface area contributed by atoms with E-state index >= 15 is 0 Å². The lowest BCUT2D eigenvalue weighted by Gasteiger charge is -2.10. The Labute approximate surface area is 112 Å². The third-order valence-electron chi connectivity index (χ3n) is 3.31. The van der Waals surface area contributed by atoms with Crippen LogP contribution in [0.3, 0.4) is 0 Å². The van der Waals surface area contributed by atoms with Gasteiger partial charge in [0.05, 0.1) is 11.1 Å². The summed E-state index contributed by atoms with van der Waals surface area (Å²) in [5.74, 6) is 0.501. The van der Waals surface area contributed by atoms with Crippen molar-refractivity contribution in [3.63, 3.8) is 0 Å². The van der Waals surface area contributed by atoms with Gasteiger partial charge in [0.15, 0.2) is 12.0 Å². The minimum Gasteiger partial charge on any atom is -0.360 e. The van der Waals surface area contributed by atoms with Gasteiger partial charge in [-0.2, -0.15) is 13.2 Å². The Bertz CT molecular complexity index is 657. The number of aldehydes is 1. The van der Waals surface area contributed by atoms with Crippen LogP contribution in [-0.4, -0.2) is 11.4 Å². The second-order valence-corrected chi connectivity index (χ2v) is 4.74. The normalized spacial score (nSPS) is 15.3. The van der Waals surface area contributed by atoms with Crippen molar-refractivity contribution in [1.82, 2.24) is 5.16 Å². The number of hydrogen-bond acceptors (Lipinski definition) is 3. The summed E-state index contributed by atoms with van der Waals surface area (Å²) in [5.41, 5.74) is -0.851. The van der Waals surface area contributed by atoms with Crippen LogP contribution in [0.25, 0.3) is 11.3 Å². The molecule has 1 aliphatic carbocycles. The molecule has 1 saturated carbocycles. The first-order valence-electron chi connectivity index (χ1n) is 6.13. The summed E-state index contributed by atoms with van der Waals surface area (Å²) < 4.78 is 44.1. The molecular formula is C14H10F3NO2. The van der Waals surface area contributed by atoms with E-state index in [1.54, 1.807) is 0 Å². The number of halogens is 3. The number of rotatable bonds is 3. The summed E-state index contributed by atoms with van der Waals surface area (Å²) in [6.07, 6.45) is -2.24. The van der Waals surface area contributed by atoms with E-state index in [9.17, 15) is 18.0 Å². The van der Waals surface area contributed by atoms with Gasteiger partial charge < -0.3 is 4.52 Å². The van der Waals surface area contributed by atoms with Gasteiger partial charge in [0, 0.05) is 11.5 Å². The van der Waals surface area contributed by atoms with Crippen LogP contribution in [0.2, 0.25) is 0 Å². The van der Waals surface area contributed by atoms with Crippen LogP contribution in [-0.2, 0) is 6.18 Å². The van der Waals surface area contributed by atoms with Crippen molar-refractivity contribution >= 4 is 6.29 Å². The van der Waals surface area contributed by atoms with E-state index in [4.69, 9.17) is 4.52 Å². The molecule has 0 N–H and O–H groups in total. The van der Waals surface area contributed by atoms with Crippen LogP contribution in [0.4, 0.5) is 13.2 Å². The van der Waals surface area contributed by atoms with Gasteiger partial charge in [-0.3, -0.25) is 4.79 Å². The number of aromatic nitrogens is 1. The molecule has 1 aromatic carbocycles.